The molecule has 3 heterocycles. The number of nitrogens with zero attached hydrogens (tertiary/aromatic N) is 4. The van der Waals surface area contributed by atoms with Crippen molar-refractivity contribution in [3.05, 3.63) is 108 Å². The van der Waals surface area contributed by atoms with Crippen molar-refractivity contribution >= 4 is 22.6 Å². The van der Waals surface area contributed by atoms with Gasteiger partial charge in [0.2, 0.25) is 0 Å². The van der Waals surface area contributed by atoms with Gasteiger partial charge < -0.3 is 5.32 Å². The molecule has 1 amide bonds. The molecule has 0 spiro atoms. The van der Waals surface area contributed by atoms with Crippen LogP contribution in [0.25, 0.3) is 22.3 Å². The standard InChI is InChI=1S/C26H21N5O/c1-18-7-9-21(10-8-18)29-26(32)22-15-24(20-5-3-2-4-6-20)30-25-23(22)16-28-31(25)17-19-11-13-27-14-12-19/h2-16H,17H2,1H3,(H,29,32). The molecule has 0 unspecified atom stereocenters. The van der Waals surface area contributed by atoms with E-state index in [4.69, 9.17) is 4.98 Å². The summed E-state index contributed by atoms with van der Waals surface area (Å²) in [5, 5.41) is 8.26. The van der Waals surface area contributed by atoms with Crippen molar-refractivity contribution in [1.29, 1.82) is 0 Å². The van der Waals surface area contributed by atoms with E-state index in [0.717, 1.165) is 28.1 Å². The average Bonchev–Trinajstić information content (AvgIpc) is 3.23. The Labute approximate surface area is 185 Å². The lowest BCUT2D eigenvalue weighted by molar-refractivity contribution is 0.102. The van der Waals surface area contributed by atoms with E-state index in [1.54, 1.807) is 18.6 Å². The van der Waals surface area contributed by atoms with Crippen LogP contribution < -0.4 is 5.32 Å². The van der Waals surface area contributed by atoms with Crippen molar-refractivity contribution in [2.45, 2.75) is 13.5 Å². The van der Waals surface area contributed by atoms with Gasteiger partial charge in [-0.25, -0.2) is 9.67 Å². The number of nitrogens with one attached hydrogen (secondary N) is 1. The Hall–Kier alpha value is -4.32. The monoisotopic (exact) mass is 419 g/mol. The van der Waals surface area contributed by atoms with E-state index in [-0.39, 0.29) is 5.91 Å². The fraction of sp³-hybridized carbons (Fsp3) is 0.0769. The first kappa shape index (κ1) is 19.6. The highest BCUT2D eigenvalue weighted by molar-refractivity contribution is 6.12. The van der Waals surface area contributed by atoms with Gasteiger partial charge in [0.15, 0.2) is 5.65 Å². The first-order valence-electron chi connectivity index (χ1n) is 10.4. The van der Waals surface area contributed by atoms with Crippen LogP contribution in [0.3, 0.4) is 0 Å². The van der Waals surface area contributed by atoms with Gasteiger partial charge in [0.05, 0.1) is 29.4 Å². The summed E-state index contributed by atoms with van der Waals surface area (Å²) < 4.78 is 1.82. The third-order valence-corrected chi connectivity index (χ3v) is 5.31. The largest absolute Gasteiger partial charge is 0.322 e. The van der Waals surface area contributed by atoms with Crippen LogP contribution in [0.1, 0.15) is 21.5 Å². The molecule has 0 radical (unpaired) electrons. The van der Waals surface area contributed by atoms with Gasteiger partial charge in [-0.05, 0) is 42.8 Å². The molecule has 5 rings (SSSR count). The van der Waals surface area contributed by atoms with Crippen molar-refractivity contribution in [2.75, 3.05) is 5.32 Å². The van der Waals surface area contributed by atoms with Crippen molar-refractivity contribution in [3.63, 3.8) is 0 Å². The SMILES string of the molecule is Cc1ccc(NC(=O)c2cc(-c3ccccc3)nc3c2cnn3Cc2ccncc2)cc1. The molecule has 0 saturated heterocycles. The summed E-state index contributed by atoms with van der Waals surface area (Å²) in [6.45, 7) is 2.55. The molecular formula is C26H21N5O. The summed E-state index contributed by atoms with van der Waals surface area (Å²) in [5.74, 6) is -0.193. The molecule has 156 valence electrons. The second-order valence-electron chi connectivity index (χ2n) is 7.64. The first-order chi connectivity index (χ1) is 15.7. The van der Waals surface area contributed by atoms with Gasteiger partial charge in [-0.3, -0.25) is 9.78 Å². The number of pyridine rings is 2. The van der Waals surface area contributed by atoms with Gasteiger partial charge in [-0.2, -0.15) is 5.10 Å². The Balaban J connectivity index is 1.60. The molecule has 0 saturated carbocycles. The number of aryl methyl sites for hydroxylation is 1. The molecule has 5 aromatic rings. The van der Waals surface area contributed by atoms with Crippen LogP contribution in [-0.4, -0.2) is 25.7 Å². The highest BCUT2D eigenvalue weighted by Gasteiger charge is 2.18. The summed E-state index contributed by atoms with van der Waals surface area (Å²) in [5.41, 5.74) is 5.81. The normalized spacial score (nSPS) is 10.9. The van der Waals surface area contributed by atoms with Crippen molar-refractivity contribution in [3.8, 4) is 11.3 Å². The third kappa shape index (κ3) is 3.98. The topological polar surface area (TPSA) is 72.7 Å². The lowest BCUT2D eigenvalue weighted by atomic mass is 10.1. The number of carbonyl (C=O) groups is 1. The van der Waals surface area contributed by atoms with Gasteiger partial charge >= 0.3 is 0 Å². The van der Waals surface area contributed by atoms with Gasteiger partial charge in [0, 0.05) is 23.6 Å². The molecule has 6 heteroatoms. The van der Waals surface area contributed by atoms with Crippen molar-refractivity contribution in [2.24, 2.45) is 0 Å². The highest BCUT2D eigenvalue weighted by atomic mass is 16.1. The van der Waals surface area contributed by atoms with Crippen LogP contribution in [-0.2, 0) is 6.54 Å². The van der Waals surface area contributed by atoms with Crippen molar-refractivity contribution < 1.29 is 4.79 Å². The predicted octanol–water partition coefficient (Wildman–Crippen LogP) is 5.10. The smallest absolute Gasteiger partial charge is 0.256 e. The number of anilines is 1. The Morgan fingerprint density at radius 3 is 2.47 bits per heavy atom. The van der Waals surface area contributed by atoms with Crippen LogP contribution in [0.4, 0.5) is 5.69 Å². The minimum atomic E-state index is -0.193. The second kappa shape index (κ2) is 8.43. The Bertz CT molecular complexity index is 1380. The zero-order chi connectivity index (χ0) is 21.9. The highest BCUT2D eigenvalue weighted by Crippen LogP contribution is 2.26. The van der Waals surface area contributed by atoms with E-state index in [0.29, 0.717) is 23.1 Å². The molecular weight excluding hydrogens is 398 g/mol. The van der Waals surface area contributed by atoms with Gasteiger partial charge in [0.25, 0.3) is 5.91 Å². The number of amides is 1. The first-order valence-corrected chi connectivity index (χ1v) is 10.4. The van der Waals surface area contributed by atoms with Gasteiger partial charge in [-0.15, -0.1) is 0 Å². The summed E-state index contributed by atoms with van der Waals surface area (Å²) in [4.78, 5) is 22.2. The number of aromatic nitrogens is 4. The molecule has 0 aliphatic rings. The van der Waals surface area contributed by atoms with E-state index in [1.165, 1.54) is 0 Å². The molecule has 3 aromatic heterocycles. The second-order valence-corrected chi connectivity index (χ2v) is 7.64. The minimum Gasteiger partial charge on any atom is -0.322 e. The molecule has 32 heavy (non-hydrogen) atoms. The zero-order valence-corrected chi connectivity index (χ0v) is 17.6. The Kier molecular flexibility index (Phi) is 5.17. The molecule has 0 atom stereocenters. The molecule has 1 N–H and O–H groups in total. The maximum Gasteiger partial charge on any atom is 0.256 e. The maximum absolute atomic E-state index is 13.3. The van der Waals surface area contributed by atoms with Crippen LogP contribution in [0.2, 0.25) is 0 Å². The molecule has 0 aliphatic heterocycles. The molecule has 2 aromatic carbocycles. The number of hydrogen-bond acceptors (Lipinski definition) is 4. The lowest BCUT2D eigenvalue weighted by Gasteiger charge is -2.10. The third-order valence-electron chi connectivity index (χ3n) is 5.31. The Morgan fingerprint density at radius 1 is 0.969 bits per heavy atom. The fourth-order valence-electron chi connectivity index (χ4n) is 3.60. The van der Waals surface area contributed by atoms with Crippen LogP contribution in [0.15, 0.2) is 91.4 Å². The predicted molar refractivity (Wildman–Crippen MR) is 125 cm³/mol. The number of carbonyl (C=O) groups excluding carboxylic acids is 1. The number of benzene rings is 2. The average molecular weight is 419 g/mol. The molecule has 0 fully saturated rings. The fourth-order valence-corrected chi connectivity index (χ4v) is 3.60. The number of hydrogen-bond donors (Lipinski definition) is 1. The molecule has 6 nitrogen and oxygen atoms in total. The van der Waals surface area contributed by atoms with Crippen LogP contribution >= 0.6 is 0 Å². The van der Waals surface area contributed by atoms with Crippen molar-refractivity contribution in [1.82, 2.24) is 19.7 Å². The lowest BCUT2D eigenvalue weighted by Crippen LogP contribution is -2.13. The summed E-state index contributed by atoms with van der Waals surface area (Å²) >= 11 is 0. The molecule has 0 aliphatic carbocycles. The van der Waals surface area contributed by atoms with E-state index >= 15 is 0 Å². The van der Waals surface area contributed by atoms with E-state index in [9.17, 15) is 4.79 Å². The van der Waals surface area contributed by atoms with Gasteiger partial charge in [-0.1, -0.05) is 48.0 Å². The summed E-state index contributed by atoms with van der Waals surface area (Å²) in [6.07, 6.45) is 5.22. The summed E-state index contributed by atoms with van der Waals surface area (Å²) in [7, 11) is 0. The van der Waals surface area contributed by atoms with Gasteiger partial charge in [0.1, 0.15) is 0 Å². The Morgan fingerprint density at radius 2 is 1.72 bits per heavy atom. The zero-order valence-electron chi connectivity index (χ0n) is 17.6. The van der Waals surface area contributed by atoms with E-state index in [2.05, 4.69) is 15.4 Å². The summed E-state index contributed by atoms with van der Waals surface area (Å²) in [6, 6.07) is 23.3. The minimum absolute atomic E-state index is 0.193. The van der Waals surface area contributed by atoms with E-state index in [1.807, 2.05) is 84.4 Å². The quantitative estimate of drug-likeness (QED) is 0.430. The van der Waals surface area contributed by atoms with Crippen LogP contribution in [0.5, 0.6) is 0 Å². The maximum atomic E-state index is 13.3. The molecule has 0 bridgehead atoms. The van der Waals surface area contributed by atoms with Crippen LogP contribution in [0, 0.1) is 6.92 Å². The van der Waals surface area contributed by atoms with E-state index < -0.39 is 0 Å². The number of fused-ring (bicyclic) bond motifs is 1. The number of rotatable bonds is 5.